The molecular weight excluding hydrogens is 121 g/mol. The molecule has 0 aromatic heterocycles. The van der Waals surface area contributed by atoms with Crippen molar-refractivity contribution in [2.24, 2.45) is 0 Å². The summed E-state index contributed by atoms with van der Waals surface area (Å²) >= 11 is 0.125. The van der Waals surface area contributed by atoms with E-state index in [2.05, 4.69) is 0 Å². The topological polar surface area (TPSA) is 64.7 Å². The molecule has 0 spiro atoms. The van der Waals surface area contributed by atoms with Crippen LogP contribution in [0.4, 0.5) is 0 Å². The first kappa shape index (κ1) is 8.83. The second-order valence-electron chi connectivity index (χ2n) is 0.112. The van der Waals surface area contributed by atoms with E-state index in [9.17, 15) is 0 Å². The van der Waals surface area contributed by atoms with Gasteiger partial charge in [0.15, 0.2) is 0 Å². The second kappa shape index (κ2) is 53.7. The molecule has 0 aliphatic heterocycles. The summed E-state index contributed by atoms with van der Waals surface area (Å²) in [5.74, 6) is 0. The average Bonchev–Trinajstić information content (AvgIpc) is 1.46. The zero-order chi connectivity index (χ0) is 4.71. The van der Waals surface area contributed by atoms with Gasteiger partial charge in [0.05, 0.1) is 0 Å². The monoisotopic (exact) mass is 121 g/mol. The van der Waals surface area contributed by atoms with Crippen LogP contribution in [0.3, 0.4) is 0 Å². The van der Waals surface area contributed by atoms with Gasteiger partial charge in [-0.05, 0) is 0 Å². The predicted octanol–water partition coefficient (Wildman–Crippen LogP) is 0.398. The average molecular weight is 122 g/mol. The van der Waals surface area contributed by atoms with Crippen molar-refractivity contribution in [3.63, 3.8) is 0 Å². The molecule has 0 radical (unpaired) electrons. The summed E-state index contributed by atoms with van der Waals surface area (Å²) in [4.78, 5) is 0. The van der Waals surface area contributed by atoms with E-state index < -0.39 is 0 Å². The van der Waals surface area contributed by atoms with Crippen LogP contribution in [0.5, 0.6) is 0 Å². The summed E-state index contributed by atoms with van der Waals surface area (Å²) in [6.45, 7) is 0. The van der Waals surface area contributed by atoms with Gasteiger partial charge in [0.2, 0.25) is 0 Å². The van der Waals surface area contributed by atoms with Crippen LogP contribution < -0.4 is 0 Å². The first-order valence-electron chi connectivity index (χ1n) is 0.762. The number of nitrogens with one attached hydrogen (secondary N) is 1. The molecule has 0 aromatic carbocycles. The van der Waals surface area contributed by atoms with E-state index in [0.29, 0.717) is 0 Å². The molecule has 3 nitrogen and oxygen atoms in total. The zero-order valence-electron chi connectivity index (χ0n) is 2.56. The van der Waals surface area contributed by atoms with Gasteiger partial charge >= 0.3 is 21.8 Å². The summed E-state index contributed by atoms with van der Waals surface area (Å²) in [5, 5.41) is 6.99. The Morgan fingerprint density at radius 1 is 1.80 bits per heavy atom. The Labute approximate surface area is 39.7 Å². The minimum absolute atomic E-state index is 0.125. The molecule has 0 aliphatic carbocycles. The molecule has 5 heavy (non-hydrogen) atoms. The van der Waals surface area contributed by atoms with Crippen LogP contribution in [0, 0.1) is 11.5 Å². The molecule has 1 N–H and O–H groups in total. The molecule has 0 unspecified atom stereocenters. The van der Waals surface area contributed by atoms with Gasteiger partial charge in [-0.1, -0.05) is 6.19 Å². The molecule has 0 amide bonds. The quantitative estimate of drug-likeness (QED) is 0.345. The SMILES string of the molecule is N#C[NH-].[O]=[Zn]. The summed E-state index contributed by atoms with van der Waals surface area (Å²) in [6, 6.07) is 0. The van der Waals surface area contributed by atoms with Crippen LogP contribution in [0.2, 0.25) is 0 Å². The summed E-state index contributed by atoms with van der Waals surface area (Å²) in [5.41, 5.74) is 5.51. The van der Waals surface area contributed by atoms with Gasteiger partial charge in [0.25, 0.3) is 0 Å². The van der Waals surface area contributed by atoms with Crippen LogP contribution in [0.15, 0.2) is 0 Å². The van der Waals surface area contributed by atoms with E-state index in [1.807, 2.05) is 0 Å². The minimum atomic E-state index is 0.125. The molecule has 24 valence electrons. The third-order valence-corrected chi connectivity index (χ3v) is 0. The van der Waals surface area contributed by atoms with Crippen molar-refractivity contribution in [2.45, 2.75) is 0 Å². The van der Waals surface area contributed by atoms with Crippen molar-refractivity contribution in [3.8, 4) is 6.19 Å². The van der Waals surface area contributed by atoms with E-state index in [1.165, 1.54) is 0 Å². The second-order valence-corrected chi connectivity index (χ2v) is 0.112. The van der Waals surface area contributed by atoms with Gasteiger partial charge in [0, 0.05) is 0 Å². The molecular formula is CHN2OZn-. The molecule has 0 saturated heterocycles. The van der Waals surface area contributed by atoms with Crippen LogP contribution in [0.25, 0.3) is 5.73 Å². The normalized spacial score (nSPS) is 2.60. The number of rotatable bonds is 0. The van der Waals surface area contributed by atoms with Gasteiger partial charge in [-0.15, -0.1) is 0 Å². The van der Waals surface area contributed by atoms with Crippen molar-refractivity contribution in [2.75, 3.05) is 0 Å². The van der Waals surface area contributed by atoms with Crippen LogP contribution >= 0.6 is 0 Å². The van der Waals surface area contributed by atoms with Crippen LogP contribution in [0.1, 0.15) is 0 Å². The summed E-state index contributed by atoms with van der Waals surface area (Å²) < 4.78 is 8.38. The van der Waals surface area contributed by atoms with Crippen molar-refractivity contribution in [1.29, 1.82) is 5.26 Å². The molecule has 0 heterocycles. The Hall–Kier alpha value is -0.287. The number of nitrogens with zero attached hydrogens (tertiary/aromatic N) is 1. The van der Waals surface area contributed by atoms with Gasteiger partial charge in [-0.2, -0.15) is 0 Å². The van der Waals surface area contributed by atoms with Crippen LogP contribution in [-0.4, -0.2) is 0 Å². The van der Waals surface area contributed by atoms with Gasteiger partial charge in [0.1, 0.15) is 0 Å². The van der Waals surface area contributed by atoms with E-state index in [4.69, 9.17) is 14.6 Å². The Morgan fingerprint density at radius 3 is 1.80 bits per heavy atom. The Kier molecular flexibility index (Phi) is 94.8. The van der Waals surface area contributed by atoms with Gasteiger partial charge in [-0.3, -0.25) is 0 Å². The Balaban J connectivity index is 0. The Bertz CT molecular complexity index is 39.4. The van der Waals surface area contributed by atoms with Gasteiger partial charge in [-0.25, -0.2) is 0 Å². The molecule has 0 atom stereocenters. The fraction of sp³-hybridized carbons (Fsp3) is 0. The molecule has 0 rings (SSSR count). The zero-order valence-corrected chi connectivity index (χ0v) is 5.53. The standard InChI is InChI=1S/CHN2.O.Zn/c2-1-3;;/h2H;;/q-1;;. The van der Waals surface area contributed by atoms with E-state index >= 15 is 0 Å². The number of hydrogen-bond acceptors (Lipinski definition) is 2. The molecule has 0 bridgehead atoms. The summed E-state index contributed by atoms with van der Waals surface area (Å²) in [6.07, 6.45) is 1.00. The van der Waals surface area contributed by atoms with Crippen molar-refractivity contribution < 1.29 is 21.8 Å². The van der Waals surface area contributed by atoms with Crippen molar-refractivity contribution in [3.05, 3.63) is 5.73 Å². The predicted molar refractivity (Wildman–Crippen MR) is 10.6 cm³/mol. The van der Waals surface area contributed by atoms with E-state index in [1.54, 1.807) is 0 Å². The molecule has 0 fully saturated rings. The first-order valence-corrected chi connectivity index (χ1v) is 1.97. The van der Waals surface area contributed by atoms with E-state index in [0.717, 1.165) is 6.19 Å². The number of nitriles is 1. The third kappa shape index (κ3) is 133. The fourth-order valence-corrected chi connectivity index (χ4v) is 0. The maximum absolute atomic E-state index is 8.38. The first-order chi connectivity index (χ1) is 2.41. The van der Waals surface area contributed by atoms with Crippen molar-refractivity contribution in [1.82, 2.24) is 0 Å². The molecule has 0 aliphatic rings. The third-order valence-electron chi connectivity index (χ3n) is 0. The Morgan fingerprint density at radius 2 is 1.80 bits per heavy atom. The number of hydrogen-bond donors (Lipinski definition) is 0. The van der Waals surface area contributed by atoms with Crippen LogP contribution in [-0.2, 0) is 21.8 Å². The maximum atomic E-state index is 8.38. The van der Waals surface area contributed by atoms with Gasteiger partial charge < -0.3 is 11.0 Å². The molecule has 0 saturated carbocycles. The van der Waals surface area contributed by atoms with E-state index in [-0.39, 0.29) is 18.3 Å². The molecule has 0 aromatic rings. The van der Waals surface area contributed by atoms with Crippen molar-refractivity contribution >= 4 is 0 Å². The summed E-state index contributed by atoms with van der Waals surface area (Å²) in [7, 11) is 0. The molecule has 4 heteroatoms. The fourth-order valence-electron chi connectivity index (χ4n) is 0.